The normalized spacial score (nSPS) is 12.8. The highest BCUT2D eigenvalue weighted by Crippen LogP contribution is 2.34. The molecule has 1 amide bonds. The van der Waals surface area contributed by atoms with Crippen LogP contribution in [0.1, 0.15) is 53.4 Å². The smallest absolute Gasteiger partial charge is 0.251 e. The first-order valence-electron chi connectivity index (χ1n) is 11.7. The first kappa shape index (κ1) is 27.2. The van der Waals surface area contributed by atoms with Gasteiger partial charge in [-0.1, -0.05) is 47.8 Å². The minimum absolute atomic E-state index is 0.0349. The van der Waals surface area contributed by atoms with Gasteiger partial charge < -0.3 is 15.3 Å². The van der Waals surface area contributed by atoms with Crippen LogP contribution in [-0.2, 0) is 0 Å². The molecule has 2 N–H and O–H groups in total. The van der Waals surface area contributed by atoms with Crippen molar-refractivity contribution >= 4 is 46.4 Å². The van der Waals surface area contributed by atoms with Gasteiger partial charge in [-0.05, 0) is 98.3 Å². The molecule has 0 aromatic heterocycles. The number of phenols is 1. The van der Waals surface area contributed by atoms with Gasteiger partial charge in [0.1, 0.15) is 5.75 Å². The van der Waals surface area contributed by atoms with Crippen LogP contribution >= 0.6 is 34.8 Å². The monoisotopic (exact) mass is 532 g/mol. The number of carbonyl (C=O) groups excluding carboxylic acids is 1. The summed E-state index contributed by atoms with van der Waals surface area (Å²) in [6.45, 7) is 9.11. The van der Waals surface area contributed by atoms with Crippen LogP contribution in [0.4, 0.5) is 5.69 Å². The fraction of sp³-hybridized carbons (Fsp3) is 0.321. The fourth-order valence-electron chi connectivity index (χ4n) is 4.37. The van der Waals surface area contributed by atoms with Crippen molar-refractivity contribution in [2.24, 2.45) is 5.92 Å². The summed E-state index contributed by atoms with van der Waals surface area (Å²) >= 11 is 18.8. The van der Waals surface area contributed by atoms with E-state index in [1.54, 1.807) is 18.2 Å². The number of halogens is 3. The van der Waals surface area contributed by atoms with E-state index in [9.17, 15) is 9.90 Å². The van der Waals surface area contributed by atoms with Crippen molar-refractivity contribution in [3.05, 3.63) is 91.9 Å². The van der Waals surface area contributed by atoms with E-state index in [0.29, 0.717) is 33.7 Å². The van der Waals surface area contributed by atoms with Crippen LogP contribution in [0.3, 0.4) is 0 Å². The third-order valence-electron chi connectivity index (χ3n) is 6.37. The number of rotatable bonds is 9. The number of aromatic hydroxyl groups is 1. The van der Waals surface area contributed by atoms with Crippen molar-refractivity contribution < 1.29 is 9.90 Å². The van der Waals surface area contributed by atoms with Gasteiger partial charge in [-0.2, -0.15) is 0 Å². The zero-order chi connectivity index (χ0) is 25.7. The molecule has 4 nitrogen and oxygen atoms in total. The molecule has 7 heteroatoms. The highest BCUT2D eigenvalue weighted by molar-refractivity contribution is 6.35. The van der Waals surface area contributed by atoms with Crippen molar-refractivity contribution in [1.82, 2.24) is 5.32 Å². The van der Waals surface area contributed by atoms with E-state index < -0.39 is 0 Å². The molecule has 3 aromatic rings. The molecule has 3 aromatic carbocycles. The summed E-state index contributed by atoms with van der Waals surface area (Å²) in [6.07, 6.45) is 0.874. The molecule has 0 fully saturated rings. The third-order valence-corrected chi connectivity index (χ3v) is 7.18. The Morgan fingerprint density at radius 3 is 2.14 bits per heavy atom. The van der Waals surface area contributed by atoms with E-state index in [2.05, 4.69) is 24.1 Å². The quantitative estimate of drug-likeness (QED) is 0.293. The summed E-state index contributed by atoms with van der Waals surface area (Å²) in [7, 11) is 0. The Morgan fingerprint density at radius 2 is 1.57 bits per heavy atom. The standard InChI is InChI=1S/C28H31Cl3N2O2/c1-5-20(15-32-28(35)27-17(2)12-24(34)13-18(27)3)16-33(23-9-6-21(29)7-10-23)19(4)25-11-8-22(30)14-26(25)31/h6-14,19-20,34H,5,15-16H2,1-4H3,(H,32,35)/t19-,20-/m0/s1. The molecule has 0 bridgehead atoms. The van der Waals surface area contributed by atoms with E-state index >= 15 is 0 Å². The van der Waals surface area contributed by atoms with Gasteiger partial charge in [-0.25, -0.2) is 0 Å². The summed E-state index contributed by atoms with van der Waals surface area (Å²) in [5.74, 6) is 0.211. The Balaban J connectivity index is 1.82. The molecule has 0 aliphatic rings. The molecule has 3 rings (SSSR count). The lowest BCUT2D eigenvalue weighted by Gasteiger charge is -2.35. The van der Waals surface area contributed by atoms with E-state index in [-0.39, 0.29) is 23.6 Å². The summed E-state index contributed by atoms with van der Waals surface area (Å²) in [5, 5.41) is 14.8. The molecule has 0 heterocycles. The van der Waals surface area contributed by atoms with E-state index in [1.807, 2.05) is 50.2 Å². The second kappa shape index (κ2) is 12.0. The Labute approximate surface area is 222 Å². The molecule has 0 unspecified atom stereocenters. The van der Waals surface area contributed by atoms with Gasteiger partial charge in [0.25, 0.3) is 5.91 Å². The zero-order valence-electron chi connectivity index (χ0n) is 20.4. The SMILES string of the molecule is CC[C@@H](CNC(=O)c1c(C)cc(O)cc1C)CN(c1ccc(Cl)cc1)[C@@H](C)c1ccc(Cl)cc1Cl. The molecule has 0 saturated carbocycles. The molecule has 35 heavy (non-hydrogen) atoms. The molecule has 0 aliphatic heterocycles. The van der Waals surface area contributed by atoms with E-state index in [0.717, 1.165) is 28.8 Å². The number of amides is 1. The number of nitrogens with one attached hydrogen (secondary N) is 1. The van der Waals surface area contributed by atoms with Gasteiger partial charge in [-0.15, -0.1) is 0 Å². The maximum Gasteiger partial charge on any atom is 0.251 e. The highest BCUT2D eigenvalue weighted by atomic mass is 35.5. The summed E-state index contributed by atoms with van der Waals surface area (Å²) in [4.78, 5) is 15.3. The molecular formula is C28H31Cl3N2O2. The van der Waals surface area contributed by atoms with Gasteiger partial charge in [0, 0.05) is 39.4 Å². The molecule has 0 radical (unpaired) electrons. The van der Waals surface area contributed by atoms with Crippen LogP contribution in [0.25, 0.3) is 0 Å². The zero-order valence-corrected chi connectivity index (χ0v) is 22.7. The average molecular weight is 534 g/mol. The van der Waals surface area contributed by atoms with Crippen LogP contribution < -0.4 is 10.2 Å². The van der Waals surface area contributed by atoms with Gasteiger partial charge >= 0.3 is 0 Å². The molecular weight excluding hydrogens is 503 g/mol. The lowest BCUT2D eigenvalue weighted by molar-refractivity contribution is 0.0945. The lowest BCUT2D eigenvalue weighted by Crippen LogP contribution is -2.38. The van der Waals surface area contributed by atoms with Crippen LogP contribution in [0.15, 0.2) is 54.6 Å². The topological polar surface area (TPSA) is 52.6 Å². The Bertz CT molecular complexity index is 1160. The Morgan fingerprint density at radius 1 is 0.971 bits per heavy atom. The number of hydrogen-bond donors (Lipinski definition) is 2. The number of phenolic OH excluding ortho intramolecular Hbond substituents is 1. The van der Waals surface area contributed by atoms with E-state index in [4.69, 9.17) is 34.8 Å². The number of carbonyl (C=O) groups is 1. The lowest BCUT2D eigenvalue weighted by atomic mass is 9.99. The molecule has 0 aliphatic carbocycles. The molecule has 0 spiro atoms. The van der Waals surface area contributed by atoms with Gasteiger partial charge in [-0.3, -0.25) is 4.79 Å². The molecule has 0 saturated heterocycles. The van der Waals surface area contributed by atoms with Crippen molar-refractivity contribution in [2.45, 2.75) is 40.2 Å². The van der Waals surface area contributed by atoms with Crippen LogP contribution in [-0.4, -0.2) is 24.1 Å². The number of hydrogen-bond acceptors (Lipinski definition) is 3. The maximum absolute atomic E-state index is 13.0. The first-order chi connectivity index (χ1) is 16.6. The third kappa shape index (κ3) is 6.84. The molecule has 186 valence electrons. The summed E-state index contributed by atoms with van der Waals surface area (Å²) in [6, 6.07) is 16.5. The molecule has 2 atom stereocenters. The number of anilines is 1. The minimum atomic E-state index is -0.134. The second-order valence-electron chi connectivity index (χ2n) is 8.91. The van der Waals surface area contributed by atoms with Crippen LogP contribution in [0.5, 0.6) is 5.75 Å². The Kier molecular flexibility index (Phi) is 9.34. The van der Waals surface area contributed by atoms with Gasteiger partial charge in [0.2, 0.25) is 0 Å². The number of benzene rings is 3. The summed E-state index contributed by atoms with van der Waals surface area (Å²) < 4.78 is 0. The largest absolute Gasteiger partial charge is 0.508 e. The average Bonchev–Trinajstić information content (AvgIpc) is 2.79. The van der Waals surface area contributed by atoms with Crippen molar-refractivity contribution in [3.63, 3.8) is 0 Å². The summed E-state index contributed by atoms with van der Waals surface area (Å²) in [5.41, 5.74) is 4.10. The second-order valence-corrected chi connectivity index (χ2v) is 10.2. The maximum atomic E-state index is 13.0. The number of aryl methyl sites for hydroxylation is 2. The predicted octanol–water partition coefficient (Wildman–Crippen LogP) is 7.99. The highest BCUT2D eigenvalue weighted by Gasteiger charge is 2.23. The predicted molar refractivity (Wildman–Crippen MR) is 147 cm³/mol. The van der Waals surface area contributed by atoms with Crippen molar-refractivity contribution in [1.29, 1.82) is 0 Å². The minimum Gasteiger partial charge on any atom is -0.508 e. The van der Waals surface area contributed by atoms with Gasteiger partial charge in [0.15, 0.2) is 0 Å². The Hall–Kier alpha value is -2.40. The van der Waals surface area contributed by atoms with E-state index in [1.165, 1.54) is 0 Å². The first-order valence-corrected chi connectivity index (χ1v) is 12.8. The van der Waals surface area contributed by atoms with Crippen molar-refractivity contribution in [3.8, 4) is 5.75 Å². The van der Waals surface area contributed by atoms with Crippen LogP contribution in [0.2, 0.25) is 15.1 Å². The fourth-order valence-corrected chi connectivity index (χ4v) is 5.06. The van der Waals surface area contributed by atoms with Crippen LogP contribution in [0, 0.1) is 19.8 Å². The van der Waals surface area contributed by atoms with Crippen molar-refractivity contribution in [2.75, 3.05) is 18.0 Å². The number of nitrogens with zero attached hydrogens (tertiary/aromatic N) is 1. The van der Waals surface area contributed by atoms with Gasteiger partial charge in [0.05, 0.1) is 6.04 Å².